The van der Waals surface area contributed by atoms with Gasteiger partial charge in [0.15, 0.2) is 0 Å². The summed E-state index contributed by atoms with van der Waals surface area (Å²) < 4.78 is 28.7. The standard InChI is InChI=1S/C16H18F2N4O/c17-16(18)8-4-7-13(16)10-22-11-14(20-21-22)9-19-15(23)12-5-2-1-3-6-12/h1-3,5-6,11,13H,4,7-10H2,(H,19,23). The molecule has 1 aliphatic carbocycles. The van der Waals surface area contributed by atoms with Crippen molar-refractivity contribution in [3.8, 4) is 0 Å². The normalized spacial score (nSPS) is 19.7. The third-order valence-electron chi connectivity index (χ3n) is 4.12. The Balaban J connectivity index is 1.54. The van der Waals surface area contributed by atoms with Crippen LogP contribution in [0.5, 0.6) is 0 Å². The van der Waals surface area contributed by atoms with Crippen LogP contribution in [0.1, 0.15) is 35.3 Å². The molecule has 1 N–H and O–H groups in total. The summed E-state index contributed by atoms with van der Waals surface area (Å²) in [5.41, 5.74) is 1.11. The van der Waals surface area contributed by atoms with E-state index in [1.165, 1.54) is 4.68 Å². The average molecular weight is 320 g/mol. The molecule has 23 heavy (non-hydrogen) atoms. The molecule has 0 saturated heterocycles. The molecule has 7 heteroatoms. The van der Waals surface area contributed by atoms with Crippen LogP contribution in [0.2, 0.25) is 0 Å². The van der Waals surface area contributed by atoms with Gasteiger partial charge in [0.1, 0.15) is 5.69 Å². The van der Waals surface area contributed by atoms with Gasteiger partial charge in [0, 0.05) is 17.9 Å². The maximum absolute atomic E-state index is 13.6. The minimum absolute atomic E-state index is 0.0493. The zero-order valence-electron chi connectivity index (χ0n) is 12.6. The van der Waals surface area contributed by atoms with Crippen molar-refractivity contribution in [3.05, 3.63) is 47.8 Å². The fraction of sp³-hybridized carbons (Fsp3) is 0.438. The first kappa shape index (κ1) is 15.6. The lowest BCUT2D eigenvalue weighted by atomic mass is 10.1. The van der Waals surface area contributed by atoms with E-state index in [2.05, 4.69) is 15.6 Å². The molecule has 1 unspecified atom stereocenters. The first-order valence-electron chi connectivity index (χ1n) is 7.65. The van der Waals surface area contributed by atoms with Gasteiger partial charge in [-0.3, -0.25) is 9.48 Å². The van der Waals surface area contributed by atoms with Crippen molar-refractivity contribution >= 4 is 5.91 Å². The van der Waals surface area contributed by atoms with Gasteiger partial charge < -0.3 is 5.32 Å². The molecule has 2 aromatic rings. The number of rotatable bonds is 5. The van der Waals surface area contributed by atoms with Crippen LogP contribution in [-0.2, 0) is 13.1 Å². The highest BCUT2D eigenvalue weighted by atomic mass is 19.3. The molecule has 1 atom stereocenters. The number of carbonyl (C=O) groups excluding carboxylic acids is 1. The summed E-state index contributed by atoms with van der Waals surface area (Å²) in [4.78, 5) is 11.9. The summed E-state index contributed by atoms with van der Waals surface area (Å²) in [6.07, 6.45) is 2.62. The minimum atomic E-state index is -2.62. The van der Waals surface area contributed by atoms with E-state index in [1.54, 1.807) is 30.5 Å². The molecular formula is C16H18F2N4O. The van der Waals surface area contributed by atoms with Crippen molar-refractivity contribution in [2.75, 3.05) is 0 Å². The smallest absolute Gasteiger partial charge is 0.252 e. The predicted molar refractivity (Wildman–Crippen MR) is 79.9 cm³/mol. The Morgan fingerprint density at radius 3 is 2.83 bits per heavy atom. The summed E-state index contributed by atoms with van der Waals surface area (Å²) in [5, 5.41) is 10.5. The van der Waals surface area contributed by atoms with Gasteiger partial charge in [-0.1, -0.05) is 23.4 Å². The number of hydrogen-bond donors (Lipinski definition) is 1. The first-order chi connectivity index (χ1) is 11.0. The molecule has 5 nitrogen and oxygen atoms in total. The van der Waals surface area contributed by atoms with Crippen molar-refractivity contribution in [2.45, 2.75) is 38.3 Å². The van der Waals surface area contributed by atoms with E-state index >= 15 is 0 Å². The zero-order chi connectivity index (χ0) is 16.3. The minimum Gasteiger partial charge on any atom is -0.346 e. The van der Waals surface area contributed by atoms with Gasteiger partial charge in [0.25, 0.3) is 11.8 Å². The molecule has 1 aromatic carbocycles. The van der Waals surface area contributed by atoms with Crippen LogP contribution in [0, 0.1) is 5.92 Å². The van der Waals surface area contributed by atoms with Gasteiger partial charge in [-0.05, 0) is 25.0 Å². The highest BCUT2D eigenvalue weighted by Gasteiger charge is 2.43. The van der Waals surface area contributed by atoms with E-state index in [0.717, 1.165) is 0 Å². The lowest BCUT2D eigenvalue weighted by Crippen LogP contribution is -2.26. The van der Waals surface area contributed by atoms with Gasteiger partial charge in [-0.25, -0.2) is 8.78 Å². The van der Waals surface area contributed by atoms with E-state index in [0.29, 0.717) is 24.1 Å². The highest BCUT2D eigenvalue weighted by Crippen LogP contribution is 2.40. The number of nitrogens with zero attached hydrogens (tertiary/aromatic N) is 3. The molecule has 1 aromatic heterocycles. The van der Waals surface area contributed by atoms with Crippen LogP contribution in [0.4, 0.5) is 8.78 Å². The van der Waals surface area contributed by atoms with Crippen LogP contribution >= 0.6 is 0 Å². The average Bonchev–Trinajstić information content (AvgIpc) is 3.13. The van der Waals surface area contributed by atoms with Gasteiger partial charge in [-0.2, -0.15) is 0 Å². The number of halogens is 2. The number of alkyl halides is 2. The van der Waals surface area contributed by atoms with E-state index < -0.39 is 11.8 Å². The number of aromatic nitrogens is 3. The van der Waals surface area contributed by atoms with E-state index in [-0.39, 0.29) is 25.4 Å². The molecule has 0 bridgehead atoms. The van der Waals surface area contributed by atoms with Gasteiger partial charge >= 0.3 is 0 Å². The lowest BCUT2D eigenvalue weighted by Gasteiger charge is -2.18. The Morgan fingerprint density at radius 2 is 2.13 bits per heavy atom. The predicted octanol–water partition coefficient (Wildman–Crippen LogP) is 2.64. The third-order valence-corrected chi connectivity index (χ3v) is 4.12. The molecule has 0 aliphatic heterocycles. The molecule has 122 valence electrons. The van der Waals surface area contributed by atoms with Crippen LogP contribution in [0.25, 0.3) is 0 Å². The molecule has 1 amide bonds. The summed E-state index contributed by atoms with van der Waals surface area (Å²) in [5.74, 6) is -3.51. The maximum Gasteiger partial charge on any atom is 0.252 e. The number of nitrogens with one attached hydrogen (secondary N) is 1. The van der Waals surface area contributed by atoms with E-state index in [9.17, 15) is 13.6 Å². The third kappa shape index (κ3) is 3.72. The Kier molecular flexibility index (Phi) is 4.36. The SMILES string of the molecule is O=C(NCc1cn(CC2CCCC2(F)F)nn1)c1ccccc1. The Hall–Kier alpha value is -2.31. The Morgan fingerprint density at radius 1 is 1.35 bits per heavy atom. The van der Waals surface area contributed by atoms with Gasteiger partial charge in [-0.15, -0.1) is 5.10 Å². The Labute approximate surface area is 132 Å². The summed E-state index contributed by atoms with van der Waals surface area (Å²) in [7, 11) is 0. The van der Waals surface area contributed by atoms with Crippen molar-refractivity contribution in [1.82, 2.24) is 20.3 Å². The molecule has 1 saturated carbocycles. The summed E-state index contributed by atoms with van der Waals surface area (Å²) in [6, 6.07) is 8.84. The topological polar surface area (TPSA) is 59.8 Å². The molecule has 1 heterocycles. The molecule has 1 aliphatic rings. The van der Waals surface area contributed by atoms with Crippen molar-refractivity contribution < 1.29 is 13.6 Å². The molecule has 0 radical (unpaired) electrons. The van der Waals surface area contributed by atoms with E-state index in [4.69, 9.17) is 0 Å². The Bertz CT molecular complexity index is 672. The van der Waals surface area contributed by atoms with Crippen LogP contribution < -0.4 is 5.32 Å². The molecule has 3 rings (SSSR count). The van der Waals surface area contributed by atoms with E-state index in [1.807, 2.05) is 6.07 Å². The van der Waals surface area contributed by atoms with Crippen LogP contribution in [0.3, 0.4) is 0 Å². The number of carbonyl (C=O) groups is 1. The number of amides is 1. The number of hydrogen-bond acceptors (Lipinski definition) is 3. The lowest BCUT2D eigenvalue weighted by molar-refractivity contribution is -0.0434. The quantitative estimate of drug-likeness (QED) is 0.921. The van der Waals surface area contributed by atoms with Crippen LogP contribution in [0.15, 0.2) is 36.5 Å². The fourth-order valence-electron chi connectivity index (χ4n) is 2.82. The van der Waals surface area contributed by atoms with Crippen LogP contribution in [-0.4, -0.2) is 26.8 Å². The summed E-state index contributed by atoms with van der Waals surface area (Å²) >= 11 is 0. The second-order valence-electron chi connectivity index (χ2n) is 5.83. The second kappa shape index (κ2) is 6.44. The van der Waals surface area contributed by atoms with Crippen molar-refractivity contribution in [1.29, 1.82) is 0 Å². The largest absolute Gasteiger partial charge is 0.346 e. The second-order valence-corrected chi connectivity index (χ2v) is 5.83. The molecular weight excluding hydrogens is 302 g/mol. The monoisotopic (exact) mass is 320 g/mol. The maximum atomic E-state index is 13.6. The molecule has 0 spiro atoms. The zero-order valence-corrected chi connectivity index (χ0v) is 12.6. The number of benzene rings is 1. The van der Waals surface area contributed by atoms with Crippen molar-refractivity contribution in [2.24, 2.45) is 5.92 Å². The van der Waals surface area contributed by atoms with Crippen molar-refractivity contribution in [3.63, 3.8) is 0 Å². The van der Waals surface area contributed by atoms with Gasteiger partial charge in [0.2, 0.25) is 0 Å². The fourth-order valence-corrected chi connectivity index (χ4v) is 2.82. The van der Waals surface area contributed by atoms with Gasteiger partial charge in [0.05, 0.1) is 19.3 Å². The first-order valence-corrected chi connectivity index (χ1v) is 7.65. The molecule has 1 fully saturated rings. The highest BCUT2D eigenvalue weighted by molar-refractivity contribution is 5.93. The summed E-state index contributed by atoms with van der Waals surface area (Å²) in [6.45, 7) is 0.376.